The van der Waals surface area contributed by atoms with Crippen LogP contribution in [0.1, 0.15) is 39.8 Å². The third-order valence-corrected chi connectivity index (χ3v) is 7.52. The van der Waals surface area contributed by atoms with Gasteiger partial charge in [0, 0.05) is 50.0 Å². The zero-order valence-electron chi connectivity index (χ0n) is 53.3. The maximum absolute atomic E-state index is 9.67. The van der Waals surface area contributed by atoms with Crippen molar-refractivity contribution in [1.29, 1.82) is 0 Å². The molecule has 0 bridgehead atoms. The average Bonchev–Trinajstić information content (AvgIpc) is 4.15. The van der Waals surface area contributed by atoms with Crippen LogP contribution in [-0.2, 0) is 0 Å². The predicted molar refractivity (Wildman–Crippen MR) is 204 cm³/mol. The lowest BCUT2D eigenvalue weighted by atomic mass is 9.95. The SMILES string of the molecule is [2H]c1c([2H])c([2H])c(-c2c([2H])c3c(oc4c([2H])c([2H])c(-c5c([2H])c([2H])c(N(c6c([2H])c([2H])c([2H])c([2H])c6[2H])c6c([2H])c([2H])c7c(oc8c([2H])c([2H])c([2H])c([2H])c87)c6[2H])c([2H])c5[2H])c([2H])c43)c3c([2H])c([2H])c([2H])c([2H])c23)c([2H])c1[2H]. The van der Waals surface area contributed by atoms with Crippen LogP contribution < -0.4 is 4.90 Å². The second kappa shape index (κ2) is 11.0. The summed E-state index contributed by atoms with van der Waals surface area (Å²) in [5.74, 6) is 0. The number of rotatable bonds is 5. The molecule has 0 saturated heterocycles. The Labute approximate surface area is 323 Å². The molecule has 0 radical (unpaired) electrons. The summed E-state index contributed by atoms with van der Waals surface area (Å²) >= 11 is 0. The minimum absolute atomic E-state index is 0.417. The highest BCUT2D eigenvalue weighted by Crippen LogP contribution is 2.42. The molecule has 8 aromatic carbocycles. The van der Waals surface area contributed by atoms with E-state index in [1.165, 1.54) is 0 Å². The maximum atomic E-state index is 9.67. The van der Waals surface area contributed by atoms with Crippen molar-refractivity contribution in [3.8, 4) is 22.3 Å². The van der Waals surface area contributed by atoms with Gasteiger partial charge < -0.3 is 13.7 Å². The highest BCUT2D eigenvalue weighted by atomic mass is 16.3. The normalized spacial score (nSPS) is 20.0. The van der Waals surface area contributed by atoms with E-state index in [1.807, 2.05) is 0 Å². The van der Waals surface area contributed by atoms with Gasteiger partial charge in [0.1, 0.15) is 22.3 Å². The smallest absolute Gasteiger partial charge is 0.143 e. The number of hydrogen-bond acceptors (Lipinski definition) is 3. The first-order chi connectivity index (χ1) is 36.4. The lowest BCUT2D eigenvalue weighted by molar-refractivity contribution is 0.669. The van der Waals surface area contributed by atoms with E-state index in [4.69, 9.17) is 34.9 Å². The van der Waals surface area contributed by atoms with Gasteiger partial charge in [-0.05, 0) is 88.1 Å². The maximum Gasteiger partial charge on any atom is 0.143 e. The van der Waals surface area contributed by atoms with E-state index in [0.717, 1.165) is 0 Å². The molecule has 10 aromatic rings. The van der Waals surface area contributed by atoms with E-state index in [2.05, 4.69) is 0 Å². The summed E-state index contributed by atoms with van der Waals surface area (Å²) in [4.78, 5) is 0.417. The van der Waals surface area contributed by atoms with Crippen molar-refractivity contribution in [3.63, 3.8) is 0 Å². The molecule has 0 aliphatic rings. The first-order valence-electron chi connectivity index (χ1n) is 28.7. The first-order valence-corrected chi connectivity index (χ1v) is 14.2. The minimum atomic E-state index is -1.22. The standard InChI is InChI=1S/C46H29NO2/c1-3-11-31(12-4-1)40-29-42-41-27-32(21-26-44(41)49-46(42)39-17-8-7-15-36(39)40)30-19-22-34(23-20-30)47(33-13-5-2-6-14-33)35-24-25-38-37-16-9-10-18-43(37)48-45(38)28-35/h1-29H/i1D,2D,3D,4D,5D,6D,7D,8D,9D,10D,11D,12D,13D,14D,15D,16D,17D,18D,19D,20D,21D,22D,23D,24D,25D,26D,27D,28D,29D. The Balaban J connectivity index is 1.35. The van der Waals surface area contributed by atoms with Gasteiger partial charge in [-0.15, -0.1) is 0 Å². The van der Waals surface area contributed by atoms with Gasteiger partial charge >= 0.3 is 0 Å². The molecule has 2 aromatic heterocycles. The fourth-order valence-electron chi connectivity index (χ4n) is 5.39. The minimum Gasteiger partial charge on any atom is -0.456 e. The van der Waals surface area contributed by atoms with Crippen LogP contribution >= 0.6 is 0 Å². The third-order valence-electron chi connectivity index (χ3n) is 7.52. The summed E-state index contributed by atoms with van der Waals surface area (Å²) in [6.07, 6.45) is 0. The highest BCUT2D eigenvalue weighted by Gasteiger charge is 2.17. The van der Waals surface area contributed by atoms with E-state index in [0.29, 0.717) is 4.90 Å². The summed E-state index contributed by atoms with van der Waals surface area (Å²) < 4.78 is 270. The summed E-state index contributed by atoms with van der Waals surface area (Å²) in [6.45, 7) is 0. The number of anilines is 3. The molecule has 0 unspecified atom stereocenters. The predicted octanol–water partition coefficient (Wildman–Crippen LogP) is 13.4. The monoisotopic (exact) mass is 656 g/mol. The molecule has 2 heterocycles. The van der Waals surface area contributed by atoms with Crippen LogP contribution in [0.15, 0.2) is 184 Å². The van der Waals surface area contributed by atoms with Crippen LogP contribution in [0.3, 0.4) is 0 Å². The molecule has 0 aliphatic carbocycles. The molecule has 0 spiro atoms. The lowest BCUT2D eigenvalue weighted by Gasteiger charge is -2.25. The Hall–Kier alpha value is -6.58. The Morgan fingerprint density at radius 1 is 0.347 bits per heavy atom. The van der Waals surface area contributed by atoms with Crippen molar-refractivity contribution in [1.82, 2.24) is 0 Å². The summed E-state index contributed by atoms with van der Waals surface area (Å²) in [5.41, 5.74) is -8.75. The van der Waals surface area contributed by atoms with Gasteiger partial charge in [-0.1, -0.05) is 109 Å². The van der Waals surface area contributed by atoms with Crippen molar-refractivity contribution in [3.05, 3.63) is 175 Å². The zero-order chi connectivity index (χ0) is 57.5. The van der Waals surface area contributed by atoms with Crippen molar-refractivity contribution in [2.75, 3.05) is 4.90 Å². The van der Waals surface area contributed by atoms with Gasteiger partial charge in [0.05, 0.1) is 39.8 Å². The third kappa shape index (κ3) is 4.51. The van der Waals surface area contributed by atoms with Crippen molar-refractivity contribution < 1.29 is 48.6 Å². The lowest BCUT2D eigenvalue weighted by Crippen LogP contribution is -2.09. The van der Waals surface area contributed by atoms with Crippen LogP contribution in [0.5, 0.6) is 0 Å². The average molecular weight is 657 g/mol. The molecule has 0 amide bonds. The number of benzene rings is 8. The van der Waals surface area contributed by atoms with Crippen molar-refractivity contribution in [2.45, 2.75) is 0 Å². The van der Waals surface area contributed by atoms with E-state index in [9.17, 15) is 13.7 Å². The molecular formula is C46H29NO2. The molecule has 0 aliphatic heterocycles. The topological polar surface area (TPSA) is 29.5 Å². The van der Waals surface area contributed by atoms with Crippen LogP contribution in [0, 0.1) is 0 Å². The Kier molecular flexibility index (Phi) is 2.53. The van der Waals surface area contributed by atoms with Crippen molar-refractivity contribution >= 4 is 71.7 Å². The number of fused-ring (bicyclic) bond motifs is 8. The van der Waals surface area contributed by atoms with Crippen molar-refractivity contribution in [2.24, 2.45) is 0 Å². The van der Waals surface area contributed by atoms with E-state index in [1.54, 1.807) is 0 Å². The first kappa shape index (κ1) is 11.3. The summed E-state index contributed by atoms with van der Waals surface area (Å²) in [7, 11) is 0. The quantitative estimate of drug-likeness (QED) is 0.185. The molecule has 0 fully saturated rings. The van der Waals surface area contributed by atoms with Gasteiger partial charge in [-0.3, -0.25) is 0 Å². The molecule has 3 heteroatoms. The van der Waals surface area contributed by atoms with Gasteiger partial charge in [0.25, 0.3) is 0 Å². The summed E-state index contributed by atoms with van der Waals surface area (Å²) in [6, 6.07) is -27.7. The molecule has 10 rings (SSSR count). The molecule has 49 heavy (non-hydrogen) atoms. The van der Waals surface area contributed by atoms with Crippen LogP contribution in [0.25, 0.3) is 76.9 Å². The molecular weight excluding hydrogens is 599 g/mol. The fourth-order valence-corrected chi connectivity index (χ4v) is 5.39. The zero-order valence-corrected chi connectivity index (χ0v) is 24.3. The van der Waals surface area contributed by atoms with E-state index < -0.39 is 269 Å². The van der Waals surface area contributed by atoms with E-state index >= 15 is 0 Å². The number of hydrogen-bond donors (Lipinski definition) is 0. The van der Waals surface area contributed by atoms with Crippen LogP contribution in [-0.4, -0.2) is 0 Å². The molecule has 0 atom stereocenters. The Bertz CT molecular complexity index is 4420. The van der Waals surface area contributed by atoms with Gasteiger partial charge in [-0.2, -0.15) is 0 Å². The molecule has 0 saturated carbocycles. The largest absolute Gasteiger partial charge is 0.456 e. The van der Waals surface area contributed by atoms with Gasteiger partial charge in [0.2, 0.25) is 0 Å². The molecule has 3 nitrogen and oxygen atoms in total. The number of para-hydroxylation sites is 2. The van der Waals surface area contributed by atoms with E-state index in [-0.39, 0.29) is 0 Å². The number of furan rings is 2. The second-order valence-electron chi connectivity index (χ2n) is 10.3. The number of nitrogens with zero attached hydrogens (tertiary/aromatic N) is 1. The van der Waals surface area contributed by atoms with Crippen LogP contribution in [0.2, 0.25) is 0 Å². The molecule has 0 N–H and O–H groups in total. The second-order valence-corrected chi connectivity index (χ2v) is 10.3. The van der Waals surface area contributed by atoms with Crippen LogP contribution in [0.4, 0.5) is 17.1 Å². The Morgan fingerprint density at radius 2 is 0.959 bits per heavy atom. The highest BCUT2D eigenvalue weighted by molar-refractivity contribution is 6.19. The van der Waals surface area contributed by atoms with Gasteiger partial charge in [0.15, 0.2) is 0 Å². The Morgan fingerprint density at radius 3 is 1.78 bits per heavy atom. The summed E-state index contributed by atoms with van der Waals surface area (Å²) in [5, 5.41) is -3.21. The molecule has 230 valence electrons. The van der Waals surface area contributed by atoms with Gasteiger partial charge in [-0.25, -0.2) is 0 Å². The fraction of sp³-hybridized carbons (Fsp3) is 0.